The number of nitrogens with one attached hydrogen (secondary N) is 1. The van der Waals surface area contributed by atoms with Crippen LogP contribution < -0.4 is 16.0 Å². The van der Waals surface area contributed by atoms with Crippen LogP contribution in [0.4, 0.5) is 5.82 Å². The van der Waals surface area contributed by atoms with E-state index in [0.717, 1.165) is 38.2 Å². The molecule has 1 aromatic rings. The topological polar surface area (TPSA) is 76.2 Å². The Morgan fingerprint density at radius 1 is 1.33 bits per heavy atom. The molecule has 0 bridgehead atoms. The molecule has 0 unspecified atom stereocenters. The van der Waals surface area contributed by atoms with Gasteiger partial charge in [-0.15, -0.1) is 0 Å². The highest BCUT2D eigenvalue weighted by atomic mass is 16.1. The van der Waals surface area contributed by atoms with Crippen LogP contribution in [0, 0.1) is 12.8 Å². The Bertz CT molecular complexity index is 526. The maximum atomic E-state index is 11.3. The predicted molar refractivity (Wildman–Crippen MR) is 81.9 cm³/mol. The van der Waals surface area contributed by atoms with E-state index in [1.54, 1.807) is 0 Å². The second-order valence-corrected chi connectivity index (χ2v) is 6.33. The summed E-state index contributed by atoms with van der Waals surface area (Å²) in [6.07, 6.45) is 4.27. The third kappa shape index (κ3) is 3.05. The lowest BCUT2D eigenvalue weighted by atomic mass is 9.96. The molecule has 1 aromatic heterocycles. The maximum absolute atomic E-state index is 11.3. The molecule has 1 amide bonds. The predicted octanol–water partition coefficient (Wildman–Crippen LogP) is 0.682. The number of amides is 1. The summed E-state index contributed by atoms with van der Waals surface area (Å²) in [4.78, 5) is 13.6. The maximum Gasteiger partial charge on any atom is 0.220 e. The minimum Gasteiger partial charge on any atom is -0.369 e. The zero-order valence-electron chi connectivity index (χ0n) is 12.9. The van der Waals surface area contributed by atoms with Gasteiger partial charge in [-0.25, -0.2) is 0 Å². The molecular weight excluding hydrogens is 266 g/mol. The molecule has 116 valence electrons. The minimum absolute atomic E-state index is 0.0311. The van der Waals surface area contributed by atoms with Crippen molar-refractivity contribution in [2.24, 2.45) is 18.7 Å². The molecule has 3 rings (SSSR count). The molecule has 0 radical (unpaired) electrons. The molecular formula is C15H25N5O. The normalized spacial score (nSPS) is 20.0. The van der Waals surface area contributed by atoms with Gasteiger partial charge < -0.3 is 16.0 Å². The molecule has 0 spiro atoms. The summed E-state index contributed by atoms with van der Waals surface area (Å²) in [6.45, 7) is 4.71. The summed E-state index contributed by atoms with van der Waals surface area (Å²) in [6, 6.07) is 0.693. The quantitative estimate of drug-likeness (QED) is 0.836. The van der Waals surface area contributed by atoms with Gasteiger partial charge in [-0.05, 0) is 32.6 Å². The van der Waals surface area contributed by atoms with E-state index < -0.39 is 0 Å². The summed E-state index contributed by atoms with van der Waals surface area (Å²) in [5.41, 5.74) is 7.81. The van der Waals surface area contributed by atoms with E-state index in [-0.39, 0.29) is 11.8 Å². The first-order chi connectivity index (χ1) is 10.1. The number of carbonyl (C=O) groups excluding carboxylic acids is 1. The van der Waals surface area contributed by atoms with Gasteiger partial charge in [0.15, 0.2) is 0 Å². The fraction of sp³-hybridized carbons (Fsp3) is 0.733. The molecule has 3 N–H and O–H groups in total. The van der Waals surface area contributed by atoms with Crippen LogP contribution in [-0.4, -0.2) is 34.8 Å². The molecule has 6 heteroatoms. The van der Waals surface area contributed by atoms with Crippen molar-refractivity contribution in [2.45, 2.75) is 45.2 Å². The first kappa shape index (κ1) is 14.4. The van der Waals surface area contributed by atoms with E-state index >= 15 is 0 Å². The van der Waals surface area contributed by atoms with Crippen molar-refractivity contribution in [1.29, 1.82) is 0 Å². The van der Waals surface area contributed by atoms with E-state index in [2.05, 4.69) is 22.2 Å². The molecule has 1 aliphatic heterocycles. The minimum atomic E-state index is -0.161. The van der Waals surface area contributed by atoms with Crippen molar-refractivity contribution in [3.63, 3.8) is 0 Å². The second-order valence-electron chi connectivity index (χ2n) is 6.33. The van der Waals surface area contributed by atoms with Gasteiger partial charge in [0.1, 0.15) is 5.82 Å². The van der Waals surface area contributed by atoms with Crippen molar-refractivity contribution in [1.82, 2.24) is 15.1 Å². The first-order valence-electron chi connectivity index (χ1n) is 7.86. The largest absolute Gasteiger partial charge is 0.369 e. The number of nitrogens with two attached hydrogens (primary N) is 1. The highest BCUT2D eigenvalue weighted by Gasteiger charge is 2.28. The second kappa shape index (κ2) is 5.67. The number of primary amides is 1. The van der Waals surface area contributed by atoms with Crippen LogP contribution >= 0.6 is 0 Å². The average Bonchev–Trinajstić information content (AvgIpc) is 3.22. The Morgan fingerprint density at radius 3 is 2.57 bits per heavy atom. The number of hydrogen-bond donors (Lipinski definition) is 2. The Kier molecular flexibility index (Phi) is 3.89. The summed E-state index contributed by atoms with van der Waals surface area (Å²) in [5.74, 6) is 1.07. The van der Waals surface area contributed by atoms with Gasteiger partial charge in [-0.2, -0.15) is 5.10 Å². The summed E-state index contributed by atoms with van der Waals surface area (Å²) < 4.78 is 1.98. The Balaban J connectivity index is 1.73. The molecule has 2 heterocycles. The van der Waals surface area contributed by atoms with Crippen molar-refractivity contribution in [2.75, 3.05) is 18.0 Å². The summed E-state index contributed by atoms with van der Waals surface area (Å²) in [5, 5.41) is 8.16. The number of carbonyl (C=O) groups is 1. The molecule has 2 aliphatic rings. The van der Waals surface area contributed by atoms with Crippen LogP contribution in [0.1, 0.15) is 36.9 Å². The smallest absolute Gasteiger partial charge is 0.220 e. The van der Waals surface area contributed by atoms with E-state index in [4.69, 9.17) is 5.73 Å². The van der Waals surface area contributed by atoms with Gasteiger partial charge in [-0.3, -0.25) is 9.48 Å². The van der Waals surface area contributed by atoms with Gasteiger partial charge >= 0.3 is 0 Å². The number of piperidine rings is 1. The third-order valence-electron chi connectivity index (χ3n) is 4.65. The fourth-order valence-corrected chi connectivity index (χ4v) is 3.20. The summed E-state index contributed by atoms with van der Waals surface area (Å²) >= 11 is 0. The van der Waals surface area contributed by atoms with Gasteiger partial charge in [0.05, 0.1) is 5.69 Å². The van der Waals surface area contributed by atoms with Crippen molar-refractivity contribution in [3.05, 3.63) is 11.3 Å². The molecule has 0 atom stereocenters. The van der Waals surface area contributed by atoms with Crippen LogP contribution in [-0.2, 0) is 18.4 Å². The van der Waals surface area contributed by atoms with E-state index in [1.165, 1.54) is 24.2 Å². The SMILES string of the molecule is Cc1nn(C)c(N2CCC(C(N)=O)CC2)c1CNC1CC1. The van der Waals surface area contributed by atoms with E-state index in [0.29, 0.717) is 6.04 Å². The highest BCUT2D eigenvalue weighted by molar-refractivity contribution is 5.77. The highest BCUT2D eigenvalue weighted by Crippen LogP contribution is 2.29. The molecule has 6 nitrogen and oxygen atoms in total. The van der Waals surface area contributed by atoms with Crippen LogP contribution in [0.5, 0.6) is 0 Å². The van der Waals surface area contributed by atoms with Gasteiger partial charge in [0, 0.05) is 44.2 Å². The number of anilines is 1. The molecule has 1 aliphatic carbocycles. The molecule has 1 saturated heterocycles. The number of aryl methyl sites for hydroxylation is 2. The molecule has 2 fully saturated rings. The van der Waals surface area contributed by atoms with Crippen molar-refractivity contribution >= 4 is 11.7 Å². The van der Waals surface area contributed by atoms with Gasteiger partial charge in [0.25, 0.3) is 0 Å². The van der Waals surface area contributed by atoms with E-state index in [9.17, 15) is 4.79 Å². The van der Waals surface area contributed by atoms with Gasteiger partial charge in [0.2, 0.25) is 5.91 Å². The molecule has 1 saturated carbocycles. The molecule has 0 aromatic carbocycles. The lowest BCUT2D eigenvalue weighted by Crippen LogP contribution is -2.40. The Morgan fingerprint density at radius 2 is 2.00 bits per heavy atom. The number of rotatable bonds is 5. The standard InChI is InChI=1S/C15H25N5O/c1-10-13(9-17-12-3-4-12)15(19(2)18-10)20-7-5-11(6-8-20)14(16)21/h11-12,17H,3-9H2,1-2H3,(H2,16,21). The number of nitrogens with zero attached hydrogens (tertiary/aromatic N) is 3. The lowest BCUT2D eigenvalue weighted by molar-refractivity contribution is -0.122. The van der Waals surface area contributed by atoms with Gasteiger partial charge in [-0.1, -0.05) is 0 Å². The third-order valence-corrected chi connectivity index (χ3v) is 4.65. The first-order valence-corrected chi connectivity index (χ1v) is 7.86. The zero-order valence-corrected chi connectivity index (χ0v) is 12.9. The Labute approximate surface area is 125 Å². The fourth-order valence-electron chi connectivity index (χ4n) is 3.20. The van der Waals surface area contributed by atoms with Crippen LogP contribution in [0.2, 0.25) is 0 Å². The Hall–Kier alpha value is -1.56. The monoisotopic (exact) mass is 291 g/mol. The summed E-state index contributed by atoms with van der Waals surface area (Å²) in [7, 11) is 2.00. The molecule has 21 heavy (non-hydrogen) atoms. The van der Waals surface area contributed by atoms with Crippen LogP contribution in [0.25, 0.3) is 0 Å². The number of hydrogen-bond acceptors (Lipinski definition) is 4. The lowest BCUT2D eigenvalue weighted by Gasteiger charge is -2.32. The average molecular weight is 291 g/mol. The van der Waals surface area contributed by atoms with Crippen LogP contribution in [0.15, 0.2) is 0 Å². The van der Waals surface area contributed by atoms with Crippen molar-refractivity contribution < 1.29 is 4.79 Å². The van der Waals surface area contributed by atoms with Crippen LogP contribution in [0.3, 0.4) is 0 Å². The zero-order chi connectivity index (χ0) is 15.0. The van der Waals surface area contributed by atoms with Crippen molar-refractivity contribution in [3.8, 4) is 0 Å². The van der Waals surface area contributed by atoms with E-state index in [1.807, 2.05) is 11.7 Å². The number of aromatic nitrogens is 2.